The molecule has 72 valence electrons. The summed E-state index contributed by atoms with van der Waals surface area (Å²) in [7, 11) is 2.15. The van der Waals surface area contributed by atoms with Crippen LogP contribution < -0.4 is 0 Å². The number of aromatic nitrogens is 1. The van der Waals surface area contributed by atoms with Crippen molar-refractivity contribution >= 4 is 0 Å². The first kappa shape index (κ1) is 10.2. The Hall–Kier alpha value is -0.890. The van der Waals surface area contributed by atoms with Crippen LogP contribution in [0.4, 0.5) is 0 Å². The zero-order valence-electron chi connectivity index (χ0n) is 8.70. The van der Waals surface area contributed by atoms with Gasteiger partial charge in [-0.1, -0.05) is 19.9 Å². The Morgan fingerprint density at radius 2 is 2.23 bits per heavy atom. The zero-order valence-corrected chi connectivity index (χ0v) is 8.70. The van der Waals surface area contributed by atoms with E-state index in [9.17, 15) is 0 Å². The Morgan fingerprint density at radius 1 is 1.46 bits per heavy atom. The standard InChI is InChI=1S/C11H18N2/c1-10(2)8-13(3)9-11-5-4-6-12-7-11/h4-7,10H,8-9H2,1-3H3. The van der Waals surface area contributed by atoms with Crippen LogP contribution in [-0.2, 0) is 6.54 Å². The Labute approximate surface area is 80.6 Å². The molecule has 0 aromatic carbocycles. The maximum absolute atomic E-state index is 4.09. The molecule has 1 rings (SSSR count). The Bertz CT molecular complexity index is 231. The van der Waals surface area contributed by atoms with Crippen molar-refractivity contribution in [1.29, 1.82) is 0 Å². The number of hydrogen-bond acceptors (Lipinski definition) is 2. The number of rotatable bonds is 4. The molecule has 0 N–H and O–H groups in total. The van der Waals surface area contributed by atoms with Gasteiger partial charge < -0.3 is 4.90 Å². The lowest BCUT2D eigenvalue weighted by molar-refractivity contribution is 0.288. The molecule has 1 aromatic rings. The van der Waals surface area contributed by atoms with E-state index in [4.69, 9.17) is 0 Å². The van der Waals surface area contributed by atoms with Gasteiger partial charge in [0.2, 0.25) is 0 Å². The van der Waals surface area contributed by atoms with Gasteiger partial charge in [0, 0.05) is 25.5 Å². The van der Waals surface area contributed by atoms with Crippen LogP contribution in [0.5, 0.6) is 0 Å². The maximum Gasteiger partial charge on any atom is 0.0312 e. The monoisotopic (exact) mass is 178 g/mol. The molecule has 0 spiro atoms. The van der Waals surface area contributed by atoms with E-state index in [1.165, 1.54) is 5.56 Å². The minimum absolute atomic E-state index is 0.724. The topological polar surface area (TPSA) is 16.1 Å². The summed E-state index contributed by atoms with van der Waals surface area (Å²) in [5.41, 5.74) is 1.28. The van der Waals surface area contributed by atoms with Crippen molar-refractivity contribution in [3.8, 4) is 0 Å². The summed E-state index contributed by atoms with van der Waals surface area (Å²) in [6.07, 6.45) is 3.74. The second kappa shape index (κ2) is 4.97. The Kier molecular flexibility index (Phi) is 3.90. The summed E-state index contributed by atoms with van der Waals surface area (Å²) in [6.45, 7) is 6.60. The molecule has 2 heteroatoms. The van der Waals surface area contributed by atoms with Crippen LogP contribution in [0.1, 0.15) is 19.4 Å². The lowest BCUT2D eigenvalue weighted by atomic mass is 10.2. The zero-order chi connectivity index (χ0) is 9.68. The van der Waals surface area contributed by atoms with E-state index >= 15 is 0 Å². The van der Waals surface area contributed by atoms with E-state index < -0.39 is 0 Å². The molecule has 0 unspecified atom stereocenters. The molecule has 0 aliphatic rings. The molecule has 0 saturated heterocycles. The van der Waals surface area contributed by atoms with E-state index in [2.05, 4.69) is 36.8 Å². The second-order valence-electron chi connectivity index (χ2n) is 3.95. The van der Waals surface area contributed by atoms with Gasteiger partial charge in [0.1, 0.15) is 0 Å². The quantitative estimate of drug-likeness (QED) is 0.702. The number of pyridine rings is 1. The Balaban J connectivity index is 2.41. The molecule has 2 nitrogen and oxygen atoms in total. The van der Waals surface area contributed by atoms with E-state index in [1.807, 2.05) is 18.5 Å². The molecule has 0 fully saturated rings. The first-order valence-electron chi connectivity index (χ1n) is 4.76. The lowest BCUT2D eigenvalue weighted by Crippen LogP contribution is -2.22. The van der Waals surface area contributed by atoms with Gasteiger partial charge >= 0.3 is 0 Å². The Morgan fingerprint density at radius 3 is 2.77 bits per heavy atom. The lowest BCUT2D eigenvalue weighted by Gasteiger charge is -2.18. The molecule has 13 heavy (non-hydrogen) atoms. The van der Waals surface area contributed by atoms with Gasteiger partial charge in [-0.3, -0.25) is 4.98 Å². The number of hydrogen-bond donors (Lipinski definition) is 0. The molecule has 0 atom stereocenters. The summed E-state index contributed by atoms with van der Waals surface area (Å²) in [5.74, 6) is 0.724. The average Bonchev–Trinajstić information content (AvgIpc) is 2.04. The molecule has 0 radical (unpaired) electrons. The smallest absolute Gasteiger partial charge is 0.0312 e. The SMILES string of the molecule is CC(C)CN(C)Cc1cccnc1. The minimum Gasteiger partial charge on any atom is -0.302 e. The first-order valence-corrected chi connectivity index (χ1v) is 4.76. The van der Waals surface area contributed by atoms with Crippen LogP contribution in [0.15, 0.2) is 24.5 Å². The fourth-order valence-corrected chi connectivity index (χ4v) is 1.49. The van der Waals surface area contributed by atoms with Gasteiger partial charge in [-0.25, -0.2) is 0 Å². The predicted molar refractivity (Wildman–Crippen MR) is 55.4 cm³/mol. The van der Waals surface area contributed by atoms with Gasteiger partial charge in [0.25, 0.3) is 0 Å². The van der Waals surface area contributed by atoms with Crippen LogP contribution in [-0.4, -0.2) is 23.5 Å². The molecular formula is C11H18N2. The van der Waals surface area contributed by atoms with Crippen molar-refractivity contribution in [3.05, 3.63) is 30.1 Å². The highest BCUT2D eigenvalue weighted by Crippen LogP contribution is 2.03. The molecule has 0 aliphatic carbocycles. The molecule has 0 aliphatic heterocycles. The van der Waals surface area contributed by atoms with Gasteiger partial charge in [0.15, 0.2) is 0 Å². The summed E-state index contributed by atoms with van der Waals surface area (Å²) in [4.78, 5) is 6.41. The van der Waals surface area contributed by atoms with Crippen molar-refractivity contribution < 1.29 is 0 Å². The van der Waals surface area contributed by atoms with E-state index in [-0.39, 0.29) is 0 Å². The van der Waals surface area contributed by atoms with Crippen molar-refractivity contribution in [2.45, 2.75) is 20.4 Å². The average molecular weight is 178 g/mol. The summed E-state index contributed by atoms with van der Waals surface area (Å²) >= 11 is 0. The first-order chi connectivity index (χ1) is 6.18. The van der Waals surface area contributed by atoms with Gasteiger partial charge in [-0.05, 0) is 24.6 Å². The van der Waals surface area contributed by atoms with E-state index in [0.29, 0.717) is 0 Å². The molecule has 1 heterocycles. The van der Waals surface area contributed by atoms with Crippen molar-refractivity contribution in [3.63, 3.8) is 0 Å². The molecule has 0 amide bonds. The highest BCUT2D eigenvalue weighted by Gasteiger charge is 2.01. The summed E-state index contributed by atoms with van der Waals surface area (Å²) in [6, 6.07) is 4.10. The highest BCUT2D eigenvalue weighted by molar-refractivity contribution is 5.07. The predicted octanol–water partition coefficient (Wildman–Crippen LogP) is 2.17. The van der Waals surface area contributed by atoms with Crippen LogP contribution in [0.25, 0.3) is 0 Å². The second-order valence-corrected chi connectivity index (χ2v) is 3.95. The fraction of sp³-hybridized carbons (Fsp3) is 0.545. The molecular weight excluding hydrogens is 160 g/mol. The van der Waals surface area contributed by atoms with Gasteiger partial charge in [0.05, 0.1) is 0 Å². The van der Waals surface area contributed by atoms with Crippen molar-refractivity contribution in [1.82, 2.24) is 9.88 Å². The minimum atomic E-state index is 0.724. The summed E-state index contributed by atoms with van der Waals surface area (Å²) in [5, 5.41) is 0. The third-order valence-electron chi connectivity index (χ3n) is 1.85. The molecule has 1 aromatic heterocycles. The third kappa shape index (κ3) is 4.04. The van der Waals surface area contributed by atoms with Gasteiger partial charge in [-0.2, -0.15) is 0 Å². The molecule has 0 saturated carbocycles. The largest absolute Gasteiger partial charge is 0.302 e. The highest BCUT2D eigenvalue weighted by atomic mass is 15.1. The molecule has 0 bridgehead atoms. The van der Waals surface area contributed by atoms with Crippen molar-refractivity contribution in [2.24, 2.45) is 5.92 Å². The summed E-state index contributed by atoms with van der Waals surface area (Å²) < 4.78 is 0. The van der Waals surface area contributed by atoms with E-state index in [1.54, 1.807) is 0 Å². The van der Waals surface area contributed by atoms with Crippen LogP contribution in [0, 0.1) is 5.92 Å². The van der Waals surface area contributed by atoms with E-state index in [0.717, 1.165) is 19.0 Å². The maximum atomic E-state index is 4.09. The van der Waals surface area contributed by atoms with Crippen molar-refractivity contribution in [2.75, 3.05) is 13.6 Å². The fourth-order valence-electron chi connectivity index (χ4n) is 1.49. The normalized spacial score (nSPS) is 11.2. The van der Waals surface area contributed by atoms with Crippen LogP contribution in [0.3, 0.4) is 0 Å². The third-order valence-corrected chi connectivity index (χ3v) is 1.85. The van der Waals surface area contributed by atoms with Crippen LogP contribution in [0.2, 0.25) is 0 Å². The van der Waals surface area contributed by atoms with Gasteiger partial charge in [-0.15, -0.1) is 0 Å². The van der Waals surface area contributed by atoms with Crippen LogP contribution >= 0.6 is 0 Å². The number of nitrogens with zero attached hydrogens (tertiary/aromatic N) is 2.